The zero-order valence-electron chi connectivity index (χ0n) is 13.9. The van der Waals surface area contributed by atoms with Crippen LogP contribution in [0.4, 0.5) is 0 Å². The van der Waals surface area contributed by atoms with Crippen LogP contribution < -0.4 is 0 Å². The number of aliphatic hydroxyl groups is 2. The third kappa shape index (κ3) is 3.03. The van der Waals surface area contributed by atoms with Gasteiger partial charge in [0.05, 0.1) is 12.2 Å². The van der Waals surface area contributed by atoms with E-state index in [0.717, 1.165) is 64.7 Å². The van der Waals surface area contributed by atoms with Crippen LogP contribution in [-0.4, -0.2) is 70.3 Å². The topological polar surface area (TPSA) is 64.0 Å². The molecular formula is C18H30N2O3. The van der Waals surface area contributed by atoms with Crippen molar-refractivity contribution in [3.05, 3.63) is 0 Å². The smallest absolute Gasteiger partial charge is 0.225 e. The predicted molar refractivity (Wildman–Crippen MR) is 86.7 cm³/mol. The van der Waals surface area contributed by atoms with Gasteiger partial charge in [-0.15, -0.1) is 0 Å². The number of fused-ring (bicyclic) bond motifs is 1. The molecule has 1 amide bonds. The second-order valence-corrected chi connectivity index (χ2v) is 8.26. The number of piperidine rings is 1. The lowest BCUT2D eigenvalue weighted by Crippen LogP contribution is -2.48. The average molecular weight is 322 g/mol. The van der Waals surface area contributed by atoms with Gasteiger partial charge in [0.25, 0.3) is 0 Å². The molecule has 2 saturated heterocycles. The van der Waals surface area contributed by atoms with Gasteiger partial charge in [-0.25, -0.2) is 0 Å². The van der Waals surface area contributed by atoms with Gasteiger partial charge in [-0.3, -0.25) is 9.69 Å². The molecule has 0 aromatic carbocycles. The number of aliphatic hydroxyl groups excluding tert-OH is 2. The molecule has 130 valence electrons. The second kappa shape index (κ2) is 6.34. The molecule has 5 heteroatoms. The number of carbonyl (C=O) groups excluding carboxylic acids is 1. The van der Waals surface area contributed by atoms with Crippen LogP contribution in [0.5, 0.6) is 0 Å². The van der Waals surface area contributed by atoms with Crippen molar-refractivity contribution in [2.75, 3.05) is 26.2 Å². The first-order chi connectivity index (χ1) is 11.1. The average Bonchev–Trinajstić information content (AvgIpc) is 2.89. The minimum atomic E-state index is -0.529. The van der Waals surface area contributed by atoms with Crippen LogP contribution in [0.1, 0.15) is 44.9 Å². The lowest BCUT2D eigenvalue weighted by Gasteiger charge is -2.39. The number of carbonyl (C=O) groups is 1. The normalized spacial score (nSPS) is 40.0. The highest BCUT2D eigenvalue weighted by Gasteiger charge is 2.43. The quantitative estimate of drug-likeness (QED) is 0.791. The molecule has 4 atom stereocenters. The zero-order valence-corrected chi connectivity index (χ0v) is 13.9. The highest BCUT2D eigenvalue weighted by Crippen LogP contribution is 2.38. The first-order valence-electron chi connectivity index (χ1n) is 9.51. The van der Waals surface area contributed by atoms with Gasteiger partial charge in [0.1, 0.15) is 0 Å². The van der Waals surface area contributed by atoms with Crippen molar-refractivity contribution in [2.45, 2.75) is 63.2 Å². The first kappa shape index (κ1) is 15.9. The summed E-state index contributed by atoms with van der Waals surface area (Å²) in [4.78, 5) is 17.0. The molecule has 2 N–H and O–H groups in total. The summed E-state index contributed by atoms with van der Waals surface area (Å²) in [5.41, 5.74) is 0. The number of hydrogen-bond acceptors (Lipinski definition) is 4. The Morgan fingerprint density at radius 3 is 1.91 bits per heavy atom. The van der Waals surface area contributed by atoms with E-state index in [1.165, 1.54) is 6.42 Å². The van der Waals surface area contributed by atoms with E-state index >= 15 is 0 Å². The van der Waals surface area contributed by atoms with Gasteiger partial charge in [-0.1, -0.05) is 6.42 Å². The Morgan fingerprint density at radius 2 is 1.43 bits per heavy atom. The van der Waals surface area contributed by atoms with E-state index in [9.17, 15) is 15.0 Å². The molecule has 0 aromatic rings. The zero-order chi connectivity index (χ0) is 16.0. The van der Waals surface area contributed by atoms with Crippen LogP contribution in [0.25, 0.3) is 0 Å². The lowest BCUT2D eigenvalue weighted by molar-refractivity contribution is -0.139. The molecule has 23 heavy (non-hydrogen) atoms. The van der Waals surface area contributed by atoms with E-state index in [4.69, 9.17) is 0 Å². The maximum atomic E-state index is 12.3. The van der Waals surface area contributed by atoms with Gasteiger partial charge in [0.2, 0.25) is 5.91 Å². The van der Waals surface area contributed by atoms with Crippen molar-refractivity contribution in [3.8, 4) is 0 Å². The van der Waals surface area contributed by atoms with Crippen molar-refractivity contribution in [1.29, 1.82) is 0 Å². The van der Waals surface area contributed by atoms with Gasteiger partial charge >= 0.3 is 0 Å². The fourth-order valence-corrected chi connectivity index (χ4v) is 5.11. The molecule has 2 aliphatic heterocycles. The van der Waals surface area contributed by atoms with Crippen LogP contribution in [0.15, 0.2) is 0 Å². The molecule has 2 saturated carbocycles. The Labute approximate surface area is 138 Å². The maximum Gasteiger partial charge on any atom is 0.225 e. The fourth-order valence-electron chi connectivity index (χ4n) is 5.11. The van der Waals surface area contributed by atoms with Crippen LogP contribution in [0.3, 0.4) is 0 Å². The van der Waals surface area contributed by atoms with E-state index in [1.54, 1.807) is 0 Å². The Bertz CT molecular complexity index is 428. The monoisotopic (exact) mass is 322 g/mol. The summed E-state index contributed by atoms with van der Waals surface area (Å²) in [7, 11) is 0. The minimum absolute atomic E-state index is 0.323. The van der Waals surface area contributed by atoms with Crippen LogP contribution in [-0.2, 0) is 4.79 Å². The molecule has 0 bridgehead atoms. The van der Waals surface area contributed by atoms with Crippen molar-refractivity contribution < 1.29 is 15.0 Å². The summed E-state index contributed by atoms with van der Waals surface area (Å²) in [5.74, 6) is 1.81. The Kier molecular flexibility index (Phi) is 4.37. The Balaban J connectivity index is 1.28. The van der Waals surface area contributed by atoms with Gasteiger partial charge in [0.15, 0.2) is 0 Å². The highest BCUT2D eigenvalue weighted by molar-refractivity contribution is 5.79. The van der Waals surface area contributed by atoms with E-state index < -0.39 is 12.2 Å². The van der Waals surface area contributed by atoms with Crippen molar-refractivity contribution >= 4 is 5.91 Å². The third-order valence-electron chi connectivity index (χ3n) is 6.88. The van der Waals surface area contributed by atoms with Gasteiger partial charge in [-0.2, -0.15) is 0 Å². The molecule has 4 aliphatic rings. The van der Waals surface area contributed by atoms with Crippen LogP contribution in [0, 0.1) is 17.8 Å². The number of likely N-dealkylation sites (tertiary alicyclic amines) is 2. The van der Waals surface area contributed by atoms with Crippen LogP contribution >= 0.6 is 0 Å². The van der Waals surface area contributed by atoms with Crippen molar-refractivity contribution in [2.24, 2.45) is 17.8 Å². The molecular weight excluding hydrogens is 292 g/mol. The van der Waals surface area contributed by atoms with Crippen molar-refractivity contribution in [3.63, 3.8) is 0 Å². The molecule has 0 spiro atoms. The van der Waals surface area contributed by atoms with E-state index in [-0.39, 0.29) is 0 Å². The molecule has 0 radical (unpaired) electrons. The SMILES string of the molecule is O=C(C1CCC1)N1CCC(N2C[C@H]3C[C@H](O)[C@H](O)C[C@H]3C2)CC1. The summed E-state index contributed by atoms with van der Waals surface area (Å²) in [6.07, 6.45) is 6.03. The number of nitrogens with zero attached hydrogens (tertiary/aromatic N) is 2. The summed E-state index contributed by atoms with van der Waals surface area (Å²) in [6.45, 7) is 3.96. The molecule has 4 fully saturated rings. The molecule has 2 heterocycles. The highest BCUT2D eigenvalue weighted by atomic mass is 16.3. The summed E-state index contributed by atoms with van der Waals surface area (Å²) >= 11 is 0. The molecule has 2 aliphatic carbocycles. The molecule has 5 nitrogen and oxygen atoms in total. The number of hydrogen-bond donors (Lipinski definition) is 2. The Morgan fingerprint density at radius 1 is 0.870 bits per heavy atom. The van der Waals surface area contributed by atoms with Gasteiger partial charge in [-0.05, 0) is 50.4 Å². The third-order valence-corrected chi connectivity index (χ3v) is 6.88. The number of rotatable bonds is 2. The summed E-state index contributed by atoms with van der Waals surface area (Å²) in [6, 6.07) is 0.584. The summed E-state index contributed by atoms with van der Waals surface area (Å²) in [5, 5.41) is 19.8. The summed E-state index contributed by atoms with van der Waals surface area (Å²) < 4.78 is 0. The first-order valence-corrected chi connectivity index (χ1v) is 9.51. The standard InChI is InChI=1S/C18H30N2O3/c21-16-8-13-10-20(11-14(13)9-17(16)22)15-4-6-19(7-5-15)18(23)12-2-1-3-12/h12-17,21-22H,1-11H2/t13-,14+,16+,17-. The van der Waals surface area contributed by atoms with E-state index in [1.807, 2.05) is 0 Å². The van der Waals surface area contributed by atoms with E-state index in [0.29, 0.717) is 29.7 Å². The van der Waals surface area contributed by atoms with E-state index in [2.05, 4.69) is 9.80 Å². The predicted octanol–water partition coefficient (Wildman–Crippen LogP) is 0.841. The minimum Gasteiger partial charge on any atom is -0.390 e. The second-order valence-electron chi connectivity index (χ2n) is 8.26. The largest absolute Gasteiger partial charge is 0.390 e. The maximum absolute atomic E-state index is 12.3. The molecule has 0 unspecified atom stereocenters. The fraction of sp³-hybridized carbons (Fsp3) is 0.944. The van der Waals surface area contributed by atoms with Crippen molar-refractivity contribution in [1.82, 2.24) is 9.80 Å². The van der Waals surface area contributed by atoms with Gasteiger partial charge < -0.3 is 15.1 Å². The number of amides is 1. The Hall–Kier alpha value is -0.650. The molecule has 0 aromatic heterocycles. The van der Waals surface area contributed by atoms with Crippen LogP contribution in [0.2, 0.25) is 0 Å². The lowest BCUT2D eigenvalue weighted by atomic mass is 9.79. The molecule has 4 rings (SSSR count). The van der Waals surface area contributed by atoms with Gasteiger partial charge in [0, 0.05) is 38.1 Å².